The summed E-state index contributed by atoms with van der Waals surface area (Å²) in [7, 11) is 0. The fourth-order valence-corrected chi connectivity index (χ4v) is 9.94. The van der Waals surface area contributed by atoms with Gasteiger partial charge in [-0.1, -0.05) is 76.0 Å². The lowest BCUT2D eigenvalue weighted by Gasteiger charge is -2.45. The molecule has 2 aromatic carbocycles. The Morgan fingerprint density at radius 2 is 1.20 bits per heavy atom. The van der Waals surface area contributed by atoms with E-state index in [4.69, 9.17) is 52.2 Å². The number of nitrogens with zero attached hydrogens (tertiary/aromatic N) is 10. The van der Waals surface area contributed by atoms with E-state index in [9.17, 15) is 36.3 Å². The van der Waals surface area contributed by atoms with Gasteiger partial charge >= 0.3 is 6.09 Å². The summed E-state index contributed by atoms with van der Waals surface area (Å²) in [5, 5.41) is 52.9. The number of aliphatic hydroxyl groups is 4. The predicted molar refractivity (Wildman–Crippen MR) is 247 cm³/mol. The number of ether oxygens (including phenoxy) is 5. The largest absolute Gasteiger partial charge is 0.445 e. The highest BCUT2D eigenvalue weighted by Crippen LogP contribution is 2.43. The molecule has 6 aliphatic rings. The van der Waals surface area contributed by atoms with Gasteiger partial charge in [-0.05, 0) is 104 Å². The van der Waals surface area contributed by atoms with Crippen LogP contribution in [-0.4, -0.2) is 141 Å². The molecule has 376 valence electrons. The van der Waals surface area contributed by atoms with Crippen molar-refractivity contribution in [2.75, 3.05) is 0 Å². The fraction of sp³-hybridized carbons (Fsp3) is 0.711. The van der Waals surface area contributed by atoms with Crippen molar-refractivity contribution in [1.29, 1.82) is 0 Å². The first-order chi connectivity index (χ1) is 33.3. The van der Waals surface area contributed by atoms with Gasteiger partial charge in [0.25, 0.3) is 0 Å². The number of benzene rings is 2. The Kier molecular flexibility index (Phi) is 18.3. The smallest absolute Gasteiger partial charge is 0.410 e. The molecule has 0 radical (unpaired) electrons. The first-order valence-corrected chi connectivity index (χ1v) is 23.8. The average molecular weight is 963 g/mol. The van der Waals surface area contributed by atoms with Crippen LogP contribution in [0.4, 0.5) is 4.79 Å². The molecular formula is C45H66N14O10. The van der Waals surface area contributed by atoms with Crippen LogP contribution >= 0.6 is 0 Å². The molecule has 24 nitrogen and oxygen atoms in total. The lowest BCUT2D eigenvalue weighted by atomic mass is 9.84. The zero-order valence-electron chi connectivity index (χ0n) is 38.3. The quantitative estimate of drug-likeness (QED) is 0.0680. The molecule has 69 heavy (non-hydrogen) atoms. The summed E-state index contributed by atoms with van der Waals surface area (Å²) in [6.07, 6.45) is -3.66. The molecule has 1 amide bonds. The van der Waals surface area contributed by atoms with E-state index >= 15 is 0 Å². The maximum Gasteiger partial charge on any atom is 0.410 e. The first kappa shape index (κ1) is 52.0. The Bertz CT molecular complexity index is 2110. The first-order valence-electron chi connectivity index (χ1n) is 23.8. The summed E-state index contributed by atoms with van der Waals surface area (Å²) in [4.78, 5) is 24.0. The van der Waals surface area contributed by atoms with E-state index in [-0.39, 0.29) is 43.7 Å². The average Bonchev–Trinajstić information content (AvgIpc) is 4.30. The van der Waals surface area contributed by atoms with Crippen molar-refractivity contribution in [3.63, 3.8) is 0 Å². The summed E-state index contributed by atoms with van der Waals surface area (Å²) in [6.45, 7) is 0.367. The molecule has 6 fully saturated rings. The molecule has 4 aliphatic carbocycles. The molecule has 0 unspecified atom stereocenters. The van der Waals surface area contributed by atoms with Crippen molar-refractivity contribution in [3.05, 3.63) is 103 Å². The van der Waals surface area contributed by atoms with Crippen LogP contribution in [0, 0.1) is 11.8 Å². The molecule has 24 heteroatoms. The molecule has 12 N–H and O–H groups in total. The van der Waals surface area contributed by atoms with Crippen LogP contribution < -0.4 is 22.9 Å². The van der Waals surface area contributed by atoms with Crippen LogP contribution in [0.25, 0.3) is 31.3 Å². The minimum absolute atomic E-state index is 0.00225. The Morgan fingerprint density at radius 3 is 1.84 bits per heavy atom. The standard InChI is InChI=1S/C30H36N10O6.C15H30N4O4/c31-37-34-21-13-14-24(45-29(21)46-28-23(36-39-33)15-22(35-38-32)26(41)27(28)42)25(20-11-12-20)40(16-18-7-3-1-4-8-18)30(43)44-17-19-9-5-2-6-10-19;16-7-3-4-10(11(19)6-1-2-6)22-15(7)23-14-9(18)5-8(17)12(20)13(14)21/h1-10,20-29,41-42H,11-17H2;6-15,20-21H,1-5,16-19H2/t21-,22+,23-,24-,25-,26-,27+,28+,29+;7-,8+,9-,10-,11-,12-,13+,14+,15+/m00/s1. The van der Waals surface area contributed by atoms with Crippen LogP contribution in [0.2, 0.25) is 0 Å². The lowest BCUT2D eigenvalue weighted by molar-refractivity contribution is -0.261. The number of carbonyl (C=O) groups excluding carboxylic acids is 1. The number of rotatable bonds is 16. The van der Waals surface area contributed by atoms with Gasteiger partial charge in [0.05, 0.1) is 60.7 Å². The molecule has 4 saturated carbocycles. The minimum Gasteiger partial charge on any atom is -0.445 e. The Morgan fingerprint density at radius 1 is 0.638 bits per heavy atom. The van der Waals surface area contributed by atoms with Gasteiger partial charge in [0.15, 0.2) is 12.6 Å². The summed E-state index contributed by atoms with van der Waals surface area (Å²) in [5.41, 5.74) is 53.3. The second-order valence-electron chi connectivity index (χ2n) is 19.1. The Balaban J connectivity index is 0.000000255. The second kappa shape index (κ2) is 24.3. The zero-order chi connectivity index (χ0) is 49.2. The fourth-order valence-electron chi connectivity index (χ4n) is 9.94. The van der Waals surface area contributed by atoms with E-state index in [0.717, 1.165) is 49.7 Å². The van der Waals surface area contributed by atoms with Gasteiger partial charge in [0.1, 0.15) is 24.9 Å². The number of nitrogens with two attached hydrogens (primary N) is 4. The molecule has 0 spiro atoms. The van der Waals surface area contributed by atoms with Crippen molar-refractivity contribution in [1.82, 2.24) is 4.90 Å². The van der Waals surface area contributed by atoms with Crippen molar-refractivity contribution in [3.8, 4) is 0 Å². The van der Waals surface area contributed by atoms with Crippen molar-refractivity contribution < 1.29 is 48.9 Å². The third-order valence-corrected chi connectivity index (χ3v) is 14.1. The number of carbonyl (C=O) groups is 1. The third-order valence-electron chi connectivity index (χ3n) is 14.1. The zero-order valence-corrected chi connectivity index (χ0v) is 38.3. The highest BCUT2D eigenvalue weighted by molar-refractivity contribution is 5.68. The van der Waals surface area contributed by atoms with E-state index in [1.807, 2.05) is 60.7 Å². The van der Waals surface area contributed by atoms with Gasteiger partial charge in [-0.3, -0.25) is 4.90 Å². The van der Waals surface area contributed by atoms with Crippen molar-refractivity contribution >= 4 is 6.09 Å². The van der Waals surface area contributed by atoms with Gasteiger partial charge < -0.3 is 67.0 Å². The van der Waals surface area contributed by atoms with Crippen molar-refractivity contribution in [2.45, 2.75) is 187 Å². The van der Waals surface area contributed by atoms with Gasteiger partial charge in [-0.25, -0.2) is 4.79 Å². The molecule has 8 rings (SSSR count). The summed E-state index contributed by atoms with van der Waals surface area (Å²) in [6, 6.07) is 14.3. The van der Waals surface area contributed by atoms with E-state index in [1.165, 1.54) is 0 Å². The number of azide groups is 3. The highest BCUT2D eigenvalue weighted by atomic mass is 16.7. The molecule has 2 heterocycles. The predicted octanol–water partition coefficient (Wildman–Crippen LogP) is 3.38. The SMILES string of the molecule is N[C@@H]1C[C@H](N)[C@@H](O[C@H]2O[C@H]([C@@H](N)C3CC3)CC[C@@H]2N)[C@H](O)[C@H]1O.[N-]=[N+]=N[C@H]1CC[C@@H]([C@H](C2CC2)N(Cc2ccccc2)C(=O)OCc2ccccc2)O[C@@H]1O[C@H]1[C@H](O)[C@@H](O)[C@H](N=[N+]=[N-])C[C@@H]1N=[N+]=[N-]. The van der Waals surface area contributed by atoms with E-state index in [2.05, 4.69) is 30.1 Å². The van der Waals surface area contributed by atoms with Crippen LogP contribution in [0.1, 0.15) is 75.3 Å². The monoisotopic (exact) mass is 963 g/mol. The molecule has 2 aliphatic heterocycles. The van der Waals surface area contributed by atoms with E-state index < -0.39 is 97.7 Å². The second-order valence-corrected chi connectivity index (χ2v) is 19.1. The van der Waals surface area contributed by atoms with E-state index in [1.54, 1.807) is 4.90 Å². The molecule has 18 atom stereocenters. The summed E-state index contributed by atoms with van der Waals surface area (Å²) in [5.74, 6) is 0.648. The number of hydrogen-bond donors (Lipinski definition) is 8. The Hall–Kier alpha value is -4.84. The van der Waals surface area contributed by atoms with Gasteiger partial charge in [-0.2, -0.15) is 0 Å². The summed E-state index contributed by atoms with van der Waals surface area (Å²) < 4.78 is 30.3. The minimum atomic E-state index is -1.60. The lowest BCUT2D eigenvalue weighted by Crippen LogP contribution is -2.64. The van der Waals surface area contributed by atoms with Gasteiger partial charge in [0.2, 0.25) is 0 Å². The highest BCUT2D eigenvalue weighted by Gasteiger charge is 2.50. The molecule has 2 aromatic rings. The van der Waals surface area contributed by atoms with Crippen LogP contribution in [0.3, 0.4) is 0 Å². The maximum absolute atomic E-state index is 13.8. The van der Waals surface area contributed by atoms with E-state index in [0.29, 0.717) is 25.2 Å². The summed E-state index contributed by atoms with van der Waals surface area (Å²) >= 11 is 0. The van der Waals surface area contributed by atoms with Crippen LogP contribution in [0.5, 0.6) is 0 Å². The third kappa shape index (κ3) is 13.3. The molecule has 2 saturated heterocycles. The maximum atomic E-state index is 13.8. The molecular weight excluding hydrogens is 897 g/mol. The number of hydrogen-bond acceptors (Lipinski definition) is 17. The van der Waals surface area contributed by atoms with Crippen LogP contribution in [0.15, 0.2) is 76.0 Å². The van der Waals surface area contributed by atoms with Crippen molar-refractivity contribution in [2.24, 2.45) is 50.1 Å². The Labute approximate surface area is 399 Å². The normalized spacial score (nSPS) is 36.3. The van der Waals surface area contributed by atoms with Gasteiger partial charge in [-0.15, -0.1) is 0 Å². The number of amides is 1. The number of aliphatic hydroxyl groups excluding tert-OH is 4. The topological polar surface area (TPSA) is 398 Å². The van der Waals surface area contributed by atoms with Gasteiger partial charge in [0, 0.05) is 39.4 Å². The molecule has 0 bridgehead atoms. The van der Waals surface area contributed by atoms with Crippen LogP contribution in [-0.2, 0) is 36.8 Å². The molecule has 0 aromatic heterocycles.